The molecule has 10 atom stereocenters. The highest BCUT2D eigenvalue weighted by Crippen LogP contribution is 2.59. The number of halogens is 11. The fraction of sp³-hybridized carbons (Fsp3) is 1.00. The number of ether oxygens (including phenoxy) is 4. The third kappa shape index (κ3) is 6.72. The van der Waals surface area contributed by atoms with Gasteiger partial charge in [-0.1, -0.05) is 0 Å². The molecule has 0 unspecified atom stereocenters. The zero-order chi connectivity index (χ0) is 32.6. The summed E-state index contributed by atoms with van der Waals surface area (Å²) in [6, 6.07) is 0. The highest BCUT2D eigenvalue weighted by atomic mass is 19.4. The van der Waals surface area contributed by atoms with E-state index in [1.165, 1.54) is 0 Å². The number of rotatable bonds is 11. The molecule has 42 heavy (non-hydrogen) atoms. The van der Waals surface area contributed by atoms with E-state index >= 15 is 0 Å². The van der Waals surface area contributed by atoms with Gasteiger partial charge in [0, 0.05) is 6.42 Å². The van der Waals surface area contributed by atoms with Crippen molar-refractivity contribution in [2.75, 3.05) is 19.8 Å². The molecule has 0 saturated carbocycles. The maximum atomic E-state index is 13.9. The van der Waals surface area contributed by atoms with Gasteiger partial charge in [0.05, 0.1) is 19.8 Å². The zero-order valence-corrected chi connectivity index (χ0v) is 20.7. The second kappa shape index (κ2) is 13.0. The minimum atomic E-state index is -7.62. The predicted octanol–water partition coefficient (Wildman–Crippen LogP) is -0.489. The van der Waals surface area contributed by atoms with Gasteiger partial charge in [0.2, 0.25) is 0 Å². The molecule has 0 radical (unpaired) electrons. The quantitative estimate of drug-likeness (QED) is 0.113. The van der Waals surface area contributed by atoms with Crippen molar-refractivity contribution in [1.82, 2.24) is 0 Å². The van der Waals surface area contributed by atoms with E-state index in [0.29, 0.717) is 0 Å². The lowest BCUT2D eigenvalue weighted by molar-refractivity contribution is -0.427. The average Bonchev–Trinajstić information content (AvgIpc) is 2.88. The lowest BCUT2D eigenvalue weighted by Gasteiger charge is -2.46. The van der Waals surface area contributed by atoms with Crippen LogP contribution >= 0.6 is 0 Å². The van der Waals surface area contributed by atoms with Crippen molar-refractivity contribution in [3.63, 3.8) is 0 Å². The molecule has 2 saturated heterocycles. The second-order valence-electron chi connectivity index (χ2n) is 9.41. The minimum absolute atomic E-state index is 0.889. The summed E-state index contributed by atoms with van der Waals surface area (Å²) in [5.41, 5.74) is -7.62. The third-order valence-corrected chi connectivity index (χ3v) is 6.55. The molecule has 2 aliphatic rings. The van der Waals surface area contributed by atoms with E-state index in [4.69, 9.17) is 18.9 Å². The van der Waals surface area contributed by atoms with Crippen LogP contribution in [0.25, 0.3) is 0 Å². The number of alkyl halides is 11. The van der Waals surface area contributed by atoms with Crippen LogP contribution in [0, 0.1) is 0 Å². The summed E-state index contributed by atoms with van der Waals surface area (Å²) >= 11 is 0. The van der Waals surface area contributed by atoms with Crippen LogP contribution in [0.4, 0.5) is 48.3 Å². The van der Waals surface area contributed by atoms with Gasteiger partial charge in [-0.3, -0.25) is 0 Å². The molecule has 2 fully saturated rings. The van der Waals surface area contributed by atoms with E-state index in [-0.39, 0.29) is 0 Å². The Hall–Kier alpha value is -1.21. The standard InChI is InChI=1S/C20H27F11O11/c21-16(22,18(24,25)17(23,19(26,27)28)20(29,30)31)2-1-3-39-14-12(38)10(36)13(7(5-33)41-14)42-15-11(37)9(35)8(34)6(4-32)40-15/h6-15,32-38H,1-5H2/t6-,7+,8-,9+,10+,11-,12+,13+,14+,15-/m1/s1. The van der Waals surface area contributed by atoms with E-state index in [1.807, 2.05) is 0 Å². The Morgan fingerprint density at radius 1 is 0.595 bits per heavy atom. The maximum Gasteiger partial charge on any atom is 0.438 e. The Morgan fingerprint density at radius 2 is 1.07 bits per heavy atom. The molecular formula is C20H27F11O11. The Kier molecular flexibility index (Phi) is 11.5. The summed E-state index contributed by atoms with van der Waals surface area (Å²) in [5, 5.41) is 69.0. The van der Waals surface area contributed by atoms with E-state index in [0.717, 1.165) is 0 Å². The first-order valence-corrected chi connectivity index (χ1v) is 11.8. The van der Waals surface area contributed by atoms with E-state index in [9.17, 15) is 84.0 Å². The first kappa shape index (κ1) is 37.0. The third-order valence-electron chi connectivity index (χ3n) is 6.55. The highest BCUT2D eigenvalue weighted by Gasteiger charge is 2.89. The van der Waals surface area contributed by atoms with Crippen LogP contribution in [-0.4, -0.2) is 147 Å². The molecule has 0 aromatic carbocycles. The first-order chi connectivity index (χ1) is 19.0. The fourth-order valence-electron chi connectivity index (χ4n) is 4.11. The Labute approximate surface area is 227 Å². The molecule has 11 nitrogen and oxygen atoms in total. The van der Waals surface area contributed by atoms with Gasteiger partial charge in [0.15, 0.2) is 12.6 Å². The van der Waals surface area contributed by atoms with Gasteiger partial charge >= 0.3 is 29.9 Å². The van der Waals surface area contributed by atoms with E-state index in [1.54, 1.807) is 0 Å². The largest absolute Gasteiger partial charge is 0.438 e. The molecule has 2 heterocycles. The fourth-order valence-corrected chi connectivity index (χ4v) is 4.11. The molecule has 2 aliphatic heterocycles. The van der Waals surface area contributed by atoms with Crippen molar-refractivity contribution in [2.45, 2.75) is 104 Å². The van der Waals surface area contributed by atoms with Crippen LogP contribution in [-0.2, 0) is 18.9 Å². The topological polar surface area (TPSA) is 179 Å². The van der Waals surface area contributed by atoms with Crippen molar-refractivity contribution in [1.29, 1.82) is 0 Å². The van der Waals surface area contributed by atoms with Crippen LogP contribution in [0.2, 0.25) is 0 Å². The van der Waals surface area contributed by atoms with Gasteiger partial charge in [-0.15, -0.1) is 0 Å². The lowest BCUT2D eigenvalue weighted by atomic mass is 9.88. The van der Waals surface area contributed by atoms with Gasteiger partial charge in [0.1, 0.15) is 48.8 Å². The Bertz CT molecular complexity index is 860. The number of aliphatic hydroxyl groups is 7. The van der Waals surface area contributed by atoms with Crippen molar-refractivity contribution in [3.8, 4) is 0 Å². The van der Waals surface area contributed by atoms with Crippen LogP contribution in [0.5, 0.6) is 0 Å². The summed E-state index contributed by atoms with van der Waals surface area (Å²) < 4.78 is 165. The Balaban J connectivity index is 2.06. The van der Waals surface area contributed by atoms with Crippen molar-refractivity contribution in [3.05, 3.63) is 0 Å². The molecule has 0 aliphatic carbocycles. The molecule has 22 heteroatoms. The highest BCUT2D eigenvalue weighted by molar-refractivity contribution is 5.11. The normalized spacial score (nSPS) is 35.9. The lowest BCUT2D eigenvalue weighted by Crippen LogP contribution is -2.70. The monoisotopic (exact) mass is 652 g/mol. The molecular weight excluding hydrogens is 625 g/mol. The van der Waals surface area contributed by atoms with Gasteiger partial charge in [-0.25, -0.2) is 4.39 Å². The molecule has 0 spiro atoms. The van der Waals surface area contributed by atoms with Crippen LogP contribution in [0.15, 0.2) is 0 Å². The Morgan fingerprint density at radius 3 is 1.55 bits per heavy atom. The minimum Gasteiger partial charge on any atom is -0.394 e. The molecule has 0 aromatic rings. The summed E-state index contributed by atoms with van der Waals surface area (Å²) in [5.74, 6) is -13.6. The summed E-state index contributed by atoms with van der Waals surface area (Å²) in [7, 11) is 0. The smallest absolute Gasteiger partial charge is 0.394 e. The molecule has 250 valence electrons. The van der Waals surface area contributed by atoms with E-state index < -0.39 is 124 Å². The molecule has 2 rings (SSSR count). The average molecular weight is 652 g/mol. The van der Waals surface area contributed by atoms with Gasteiger partial charge in [-0.05, 0) is 6.42 Å². The molecule has 0 bridgehead atoms. The van der Waals surface area contributed by atoms with Gasteiger partial charge in [-0.2, -0.15) is 43.9 Å². The van der Waals surface area contributed by atoms with Crippen molar-refractivity contribution < 1.29 is 103 Å². The van der Waals surface area contributed by atoms with Crippen LogP contribution in [0.1, 0.15) is 12.8 Å². The van der Waals surface area contributed by atoms with E-state index in [2.05, 4.69) is 0 Å². The predicted molar refractivity (Wildman–Crippen MR) is 107 cm³/mol. The molecule has 0 aromatic heterocycles. The van der Waals surface area contributed by atoms with Gasteiger partial charge in [0.25, 0.3) is 0 Å². The maximum absolute atomic E-state index is 13.9. The first-order valence-electron chi connectivity index (χ1n) is 11.8. The SMILES string of the molecule is OC[C@@H]1O[C@H](OCCCC(F)(F)C(F)(F)C(F)(C(F)(F)F)C(F)(F)F)[C@@H](O)[C@H](O)[C@H]1O[C@H]1O[C@H](CO)[C@@H](O)[C@H](O)[C@H]1O. The van der Waals surface area contributed by atoms with Crippen LogP contribution < -0.4 is 0 Å². The number of hydrogen-bond donors (Lipinski definition) is 7. The summed E-state index contributed by atoms with van der Waals surface area (Å²) in [6.45, 7) is -3.22. The van der Waals surface area contributed by atoms with Gasteiger partial charge < -0.3 is 54.7 Å². The summed E-state index contributed by atoms with van der Waals surface area (Å²) in [4.78, 5) is 0. The summed E-state index contributed by atoms with van der Waals surface area (Å²) in [6.07, 6.45) is -38.2. The number of hydrogen-bond acceptors (Lipinski definition) is 11. The number of aliphatic hydroxyl groups excluding tert-OH is 7. The van der Waals surface area contributed by atoms with Crippen molar-refractivity contribution in [2.24, 2.45) is 0 Å². The molecule has 0 amide bonds. The second-order valence-corrected chi connectivity index (χ2v) is 9.41. The van der Waals surface area contributed by atoms with Crippen molar-refractivity contribution >= 4 is 0 Å². The zero-order valence-electron chi connectivity index (χ0n) is 20.7. The van der Waals surface area contributed by atoms with Crippen LogP contribution in [0.3, 0.4) is 0 Å². The molecule has 7 N–H and O–H groups in total.